The summed E-state index contributed by atoms with van der Waals surface area (Å²) in [6, 6.07) is 8.50. The van der Waals surface area contributed by atoms with E-state index in [-0.39, 0.29) is 6.03 Å². The molecule has 0 spiro atoms. The Morgan fingerprint density at radius 1 is 1.61 bits per heavy atom. The highest BCUT2D eigenvalue weighted by atomic mass is 16.3. The van der Waals surface area contributed by atoms with Crippen molar-refractivity contribution in [2.45, 2.75) is 18.9 Å². The van der Waals surface area contributed by atoms with Crippen LogP contribution < -0.4 is 5.32 Å². The molecule has 5 heteroatoms. The van der Waals surface area contributed by atoms with Gasteiger partial charge in [0.15, 0.2) is 0 Å². The molecule has 2 amide bonds. The molecule has 5 nitrogen and oxygen atoms in total. The van der Waals surface area contributed by atoms with E-state index in [2.05, 4.69) is 5.32 Å². The lowest BCUT2D eigenvalue weighted by Crippen LogP contribution is -2.63. The lowest BCUT2D eigenvalue weighted by Gasteiger charge is -2.45. The number of urea groups is 1. The average Bonchev–Trinajstić information content (AvgIpc) is 2.35. The SMILES string of the molecule is CCC1(O)CN(C(=O)Nc2cccc(C#N)c2)C1. The Balaban J connectivity index is 1.95. The Hall–Kier alpha value is -2.06. The van der Waals surface area contributed by atoms with Gasteiger partial charge in [-0.05, 0) is 24.6 Å². The number of hydrogen-bond acceptors (Lipinski definition) is 3. The van der Waals surface area contributed by atoms with E-state index < -0.39 is 5.60 Å². The smallest absolute Gasteiger partial charge is 0.322 e. The van der Waals surface area contributed by atoms with Gasteiger partial charge in [-0.25, -0.2) is 4.79 Å². The van der Waals surface area contributed by atoms with Crippen molar-refractivity contribution in [2.24, 2.45) is 0 Å². The molecule has 2 N–H and O–H groups in total. The summed E-state index contributed by atoms with van der Waals surface area (Å²) < 4.78 is 0. The summed E-state index contributed by atoms with van der Waals surface area (Å²) in [5.74, 6) is 0. The molecule has 1 aliphatic rings. The third-order valence-corrected chi connectivity index (χ3v) is 3.16. The fourth-order valence-corrected chi connectivity index (χ4v) is 1.90. The van der Waals surface area contributed by atoms with E-state index >= 15 is 0 Å². The second kappa shape index (κ2) is 4.67. The van der Waals surface area contributed by atoms with E-state index in [1.807, 2.05) is 13.0 Å². The van der Waals surface area contributed by atoms with Crippen LogP contribution >= 0.6 is 0 Å². The Kier molecular flexibility index (Phi) is 3.21. The lowest BCUT2D eigenvalue weighted by molar-refractivity contribution is -0.0755. The highest BCUT2D eigenvalue weighted by Gasteiger charge is 2.41. The maximum absolute atomic E-state index is 11.8. The molecule has 0 aromatic heterocycles. The van der Waals surface area contributed by atoms with Crippen molar-refractivity contribution in [3.8, 4) is 6.07 Å². The highest BCUT2D eigenvalue weighted by molar-refractivity contribution is 5.90. The van der Waals surface area contributed by atoms with Crippen LogP contribution in [0, 0.1) is 11.3 Å². The van der Waals surface area contributed by atoms with Gasteiger partial charge in [-0.2, -0.15) is 5.26 Å². The summed E-state index contributed by atoms with van der Waals surface area (Å²) in [4.78, 5) is 13.4. The zero-order valence-electron chi connectivity index (χ0n) is 10.2. The van der Waals surface area contributed by atoms with E-state index in [9.17, 15) is 9.90 Å². The van der Waals surface area contributed by atoms with Crippen molar-refractivity contribution < 1.29 is 9.90 Å². The first-order chi connectivity index (χ1) is 8.56. The summed E-state index contributed by atoms with van der Waals surface area (Å²) >= 11 is 0. The summed E-state index contributed by atoms with van der Waals surface area (Å²) in [5.41, 5.74) is 0.360. The molecule has 0 atom stereocenters. The molecule has 1 aromatic carbocycles. The summed E-state index contributed by atoms with van der Waals surface area (Å²) in [6.07, 6.45) is 0.640. The monoisotopic (exact) mass is 245 g/mol. The molecule has 1 fully saturated rings. The van der Waals surface area contributed by atoms with Crippen LogP contribution in [0.25, 0.3) is 0 Å². The molecule has 0 saturated carbocycles. The number of nitriles is 1. The predicted molar refractivity (Wildman–Crippen MR) is 67.0 cm³/mol. The van der Waals surface area contributed by atoms with Gasteiger partial charge < -0.3 is 15.3 Å². The minimum absolute atomic E-state index is 0.247. The van der Waals surface area contributed by atoms with Crippen LogP contribution in [0.2, 0.25) is 0 Å². The van der Waals surface area contributed by atoms with Crippen molar-refractivity contribution in [2.75, 3.05) is 18.4 Å². The van der Waals surface area contributed by atoms with Gasteiger partial charge in [0.25, 0.3) is 0 Å². The summed E-state index contributed by atoms with van der Waals surface area (Å²) in [5, 5.41) is 21.3. The Morgan fingerprint density at radius 2 is 2.33 bits per heavy atom. The lowest BCUT2D eigenvalue weighted by atomic mass is 9.92. The number of nitrogens with zero attached hydrogens (tertiary/aromatic N) is 2. The van der Waals surface area contributed by atoms with E-state index in [0.29, 0.717) is 30.8 Å². The number of anilines is 1. The Labute approximate surface area is 106 Å². The maximum atomic E-state index is 11.8. The van der Waals surface area contributed by atoms with Crippen molar-refractivity contribution in [1.29, 1.82) is 5.26 Å². The molecule has 0 unspecified atom stereocenters. The quantitative estimate of drug-likeness (QED) is 0.829. The van der Waals surface area contributed by atoms with Crippen LogP contribution in [0.3, 0.4) is 0 Å². The standard InChI is InChI=1S/C13H15N3O2/c1-2-13(18)8-16(9-13)12(17)15-11-5-3-4-10(6-11)7-14/h3-6,18H,2,8-9H2,1H3,(H,15,17). The number of hydrogen-bond donors (Lipinski definition) is 2. The molecular weight excluding hydrogens is 230 g/mol. The van der Waals surface area contributed by atoms with Gasteiger partial charge >= 0.3 is 6.03 Å². The normalized spacial score (nSPS) is 16.6. The topological polar surface area (TPSA) is 76.4 Å². The molecule has 1 aromatic rings. The van der Waals surface area contributed by atoms with Crippen LogP contribution in [0.1, 0.15) is 18.9 Å². The van der Waals surface area contributed by atoms with E-state index in [1.54, 1.807) is 29.2 Å². The number of nitrogens with one attached hydrogen (secondary N) is 1. The maximum Gasteiger partial charge on any atom is 0.322 e. The van der Waals surface area contributed by atoms with Gasteiger partial charge in [0.05, 0.1) is 30.3 Å². The van der Waals surface area contributed by atoms with Crippen molar-refractivity contribution in [1.82, 2.24) is 4.90 Å². The Bertz CT molecular complexity index is 501. The van der Waals surface area contributed by atoms with Crippen molar-refractivity contribution >= 4 is 11.7 Å². The van der Waals surface area contributed by atoms with Gasteiger partial charge in [0.2, 0.25) is 0 Å². The van der Waals surface area contributed by atoms with Crippen LogP contribution in [0.15, 0.2) is 24.3 Å². The molecule has 1 heterocycles. The minimum Gasteiger partial charge on any atom is -0.386 e. The second-order valence-electron chi connectivity index (χ2n) is 4.56. The number of amides is 2. The summed E-state index contributed by atoms with van der Waals surface area (Å²) in [6.45, 7) is 2.60. The first-order valence-electron chi connectivity index (χ1n) is 5.85. The van der Waals surface area contributed by atoms with Gasteiger partial charge in [-0.3, -0.25) is 0 Å². The van der Waals surface area contributed by atoms with E-state index in [1.165, 1.54) is 0 Å². The molecular formula is C13H15N3O2. The molecule has 0 aliphatic carbocycles. The third-order valence-electron chi connectivity index (χ3n) is 3.16. The van der Waals surface area contributed by atoms with Gasteiger partial charge in [0, 0.05) is 5.69 Å². The second-order valence-corrected chi connectivity index (χ2v) is 4.56. The summed E-state index contributed by atoms with van der Waals surface area (Å²) in [7, 11) is 0. The number of carbonyl (C=O) groups is 1. The van der Waals surface area contributed by atoms with Gasteiger partial charge in [-0.15, -0.1) is 0 Å². The Morgan fingerprint density at radius 3 is 2.94 bits per heavy atom. The first kappa shape index (κ1) is 12.4. The zero-order chi connectivity index (χ0) is 13.2. The molecule has 0 radical (unpaired) electrons. The minimum atomic E-state index is -0.730. The van der Waals surface area contributed by atoms with Crippen LogP contribution in [0.5, 0.6) is 0 Å². The van der Waals surface area contributed by atoms with Crippen LogP contribution in [-0.2, 0) is 0 Å². The number of β-amino-alcohol motifs (C(OH)–C–C–N with tert-alkyl or cyclic N) is 1. The van der Waals surface area contributed by atoms with Crippen molar-refractivity contribution in [3.63, 3.8) is 0 Å². The predicted octanol–water partition coefficient (Wildman–Crippen LogP) is 1.55. The molecule has 18 heavy (non-hydrogen) atoms. The zero-order valence-corrected chi connectivity index (χ0v) is 10.2. The van der Waals surface area contributed by atoms with Crippen LogP contribution in [-0.4, -0.2) is 34.7 Å². The molecule has 94 valence electrons. The van der Waals surface area contributed by atoms with E-state index in [0.717, 1.165) is 0 Å². The molecule has 0 bridgehead atoms. The number of benzene rings is 1. The molecule has 1 saturated heterocycles. The number of likely N-dealkylation sites (tertiary alicyclic amines) is 1. The van der Waals surface area contributed by atoms with Gasteiger partial charge in [0.1, 0.15) is 0 Å². The number of rotatable bonds is 2. The molecule has 2 rings (SSSR count). The van der Waals surface area contributed by atoms with Crippen LogP contribution in [0.4, 0.5) is 10.5 Å². The largest absolute Gasteiger partial charge is 0.386 e. The fourth-order valence-electron chi connectivity index (χ4n) is 1.90. The van der Waals surface area contributed by atoms with Gasteiger partial charge in [-0.1, -0.05) is 13.0 Å². The van der Waals surface area contributed by atoms with Crippen molar-refractivity contribution in [3.05, 3.63) is 29.8 Å². The molecule has 1 aliphatic heterocycles. The third kappa shape index (κ3) is 2.44. The number of carbonyl (C=O) groups excluding carboxylic acids is 1. The number of aliphatic hydroxyl groups is 1. The average molecular weight is 245 g/mol. The van der Waals surface area contributed by atoms with E-state index in [4.69, 9.17) is 5.26 Å². The highest BCUT2D eigenvalue weighted by Crippen LogP contribution is 2.24. The first-order valence-corrected chi connectivity index (χ1v) is 5.85. The fraction of sp³-hybridized carbons (Fsp3) is 0.385.